The van der Waals surface area contributed by atoms with E-state index in [0.717, 1.165) is 0 Å². The minimum Gasteiger partial charge on any atom is -0.319 e. The second-order valence-electron chi connectivity index (χ2n) is 1.61. The van der Waals surface area contributed by atoms with Gasteiger partial charge in [-0.2, -0.15) is 5.26 Å². The van der Waals surface area contributed by atoms with Crippen molar-refractivity contribution in [3.05, 3.63) is 30.8 Å². The lowest BCUT2D eigenvalue weighted by atomic mass is 10.1. The van der Waals surface area contributed by atoms with Gasteiger partial charge < -0.3 is 5.73 Å². The Bertz CT molecular complexity index is 153. The summed E-state index contributed by atoms with van der Waals surface area (Å²) >= 11 is 0. The molecule has 9 heavy (non-hydrogen) atoms. The molecule has 1 radical (unpaired) electrons. The Hall–Kier alpha value is -1.07. The monoisotopic (exact) mass is 121 g/mol. The van der Waals surface area contributed by atoms with Crippen LogP contribution in [0.4, 0.5) is 0 Å². The fourth-order valence-electron chi connectivity index (χ4n) is 0.351. The van der Waals surface area contributed by atoms with Crippen molar-refractivity contribution >= 4 is 0 Å². The minimum absolute atomic E-state index is 0.329. The van der Waals surface area contributed by atoms with E-state index in [2.05, 4.69) is 13.2 Å². The van der Waals surface area contributed by atoms with Crippen LogP contribution in [0.3, 0.4) is 0 Å². The molecule has 0 unspecified atom stereocenters. The molecule has 0 aliphatic carbocycles. The van der Waals surface area contributed by atoms with Gasteiger partial charge in [0.15, 0.2) is 0 Å². The Morgan fingerprint density at radius 3 is 2.67 bits per heavy atom. The molecule has 0 spiro atoms. The van der Waals surface area contributed by atoms with Gasteiger partial charge in [-0.15, -0.1) is 6.58 Å². The van der Waals surface area contributed by atoms with Crippen LogP contribution in [0.15, 0.2) is 24.8 Å². The second-order valence-corrected chi connectivity index (χ2v) is 1.61. The molecule has 0 saturated heterocycles. The normalized spacial score (nSPS) is 8.56. The molecule has 0 fully saturated rings. The van der Waals surface area contributed by atoms with Gasteiger partial charge in [0.05, 0.1) is 12.1 Å². The molecule has 0 amide bonds. The zero-order valence-electron chi connectivity index (χ0n) is 5.22. The summed E-state index contributed by atoms with van der Waals surface area (Å²) in [5.41, 5.74) is 5.69. The number of hydrogen-bond acceptors (Lipinski definition) is 2. The summed E-state index contributed by atoms with van der Waals surface area (Å²) in [4.78, 5) is 0. The van der Waals surface area contributed by atoms with E-state index < -0.39 is 0 Å². The van der Waals surface area contributed by atoms with Gasteiger partial charge in [0, 0.05) is 5.57 Å². The Morgan fingerprint density at radius 2 is 2.33 bits per heavy atom. The van der Waals surface area contributed by atoms with Gasteiger partial charge in [-0.3, -0.25) is 0 Å². The highest BCUT2D eigenvalue weighted by Gasteiger charge is 2.03. The third-order valence-corrected chi connectivity index (χ3v) is 0.887. The summed E-state index contributed by atoms with van der Waals surface area (Å²) in [5.74, 6) is 0. The minimum atomic E-state index is 0.329. The van der Waals surface area contributed by atoms with Crippen molar-refractivity contribution in [1.29, 1.82) is 5.26 Å². The van der Waals surface area contributed by atoms with Crippen LogP contribution in [0.1, 0.15) is 6.42 Å². The summed E-state index contributed by atoms with van der Waals surface area (Å²) in [6.07, 6.45) is 2.17. The lowest BCUT2D eigenvalue weighted by Crippen LogP contribution is -2.09. The van der Waals surface area contributed by atoms with Crippen LogP contribution in [0, 0.1) is 17.4 Å². The predicted molar refractivity (Wildman–Crippen MR) is 37.0 cm³/mol. The smallest absolute Gasteiger partial charge is 0.0961 e. The standard InChI is InChI=1S/C7H9N2/c1-3-4-7(9)6(2)5-8/h3H,1-2,4,9H2. The van der Waals surface area contributed by atoms with Gasteiger partial charge in [0.2, 0.25) is 0 Å². The number of nitriles is 1. The molecule has 0 bridgehead atoms. The van der Waals surface area contributed by atoms with Crippen molar-refractivity contribution in [1.82, 2.24) is 0 Å². The maximum absolute atomic E-state index is 8.25. The fraction of sp³-hybridized carbons (Fsp3) is 0.143. The van der Waals surface area contributed by atoms with E-state index >= 15 is 0 Å². The van der Waals surface area contributed by atoms with Crippen LogP contribution in [0.2, 0.25) is 0 Å². The van der Waals surface area contributed by atoms with E-state index in [1.807, 2.05) is 6.07 Å². The molecule has 2 heteroatoms. The number of hydrogen-bond donors (Lipinski definition) is 1. The molecule has 0 aromatic rings. The lowest BCUT2D eigenvalue weighted by Gasteiger charge is -2.01. The summed E-state index contributed by atoms with van der Waals surface area (Å²) < 4.78 is 0. The molecule has 0 heterocycles. The first-order chi connectivity index (χ1) is 4.22. The highest BCUT2D eigenvalue weighted by atomic mass is 14.6. The van der Waals surface area contributed by atoms with Crippen molar-refractivity contribution in [2.75, 3.05) is 0 Å². The summed E-state index contributed by atoms with van der Waals surface area (Å²) in [6.45, 7) is 6.89. The van der Waals surface area contributed by atoms with Crippen LogP contribution in [-0.2, 0) is 0 Å². The molecule has 0 aromatic carbocycles. The summed E-state index contributed by atoms with van der Waals surface area (Å²) in [5, 5.41) is 8.25. The molecule has 0 aromatic heterocycles. The molecule has 0 atom stereocenters. The van der Waals surface area contributed by atoms with Gasteiger partial charge in [-0.05, 0) is 6.42 Å². The van der Waals surface area contributed by atoms with Gasteiger partial charge in [0.1, 0.15) is 0 Å². The van der Waals surface area contributed by atoms with Gasteiger partial charge in [-0.25, -0.2) is 0 Å². The zero-order valence-corrected chi connectivity index (χ0v) is 5.22. The van der Waals surface area contributed by atoms with Gasteiger partial charge in [0.25, 0.3) is 0 Å². The average molecular weight is 121 g/mol. The Kier molecular flexibility index (Phi) is 3.41. The van der Waals surface area contributed by atoms with Crippen molar-refractivity contribution < 1.29 is 0 Å². The van der Waals surface area contributed by atoms with Crippen LogP contribution < -0.4 is 5.73 Å². The largest absolute Gasteiger partial charge is 0.319 e. The predicted octanol–water partition coefficient (Wildman–Crippen LogP) is 1.13. The van der Waals surface area contributed by atoms with E-state index in [9.17, 15) is 0 Å². The molecular formula is C7H9N2. The summed E-state index contributed by atoms with van der Waals surface area (Å²) in [6, 6.07) is 2.34. The molecule has 0 saturated carbocycles. The molecule has 2 N–H and O–H groups in total. The van der Waals surface area contributed by atoms with E-state index in [0.29, 0.717) is 18.0 Å². The Morgan fingerprint density at radius 1 is 1.78 bits per heavy atom. The topological polar surface area (TPSA) is 49.8 Å². The number of nitrogens with zero attached hydrogens (tertiary/aromatic N) is 1. The summed E-state index contributed by atoms with van der Waals surface area (Å²) in [7, 11) is 0. The first-order valence-corrected chi connectivity index (χ1v) is 2.54. The third kappa shape index (κ3) is 2.68. The lowest BCUT2D eigenvalue weighted by molar-refractivity contribution is 0.998. The van der Waals surface area contributed by atoms with Crippen molar-refractivity contribution in [2.45, 2.75) is 6.42 Å². The number of rotatable bonds is 3. The first kappa shape index (κ1) is 7.93. The maximum Gasteiger partial charge on any atom is 0.0961 e. The first-order valence-electron chi connectivity index (χ1n) is 2.54. The van der Waals surface area contributed by atoms with Crippen molar-refractivity contribution in [3.8, 4) is 6.07 Å². The Labute approximate surface area is 55.3 Å². The molecule has 0 aliphatic rings. The molecule has 0 rings (SSSR count). The van der Waals surface area contributed by atoms with E-state index in [4.69, 9.17) is 11.0 Å². The third-order valence-electron chi connectivity index (χ3n) is 0.887. The second kappa shape index (κ2) is 3.88. The van der Waals surface area contributed by atoms with E-state index in [1.165, 1.54) is 0 Å². The molecular weight excluding hydrogens is 112 g/mol. The van der Waals surface area contributed by atoms with Gasteiger partial charge >= 0.3 is 0 Å². The highest BCUT2D eigenvalue weighted by Crippen LogP contribution is 2.07. The SMILES string of the molecule is C=CC[C](N)C(=C)C#N. The van der Waals surface area contributed by atoms with E-state index in [1.54, 1.807) is 6.08 Å². The molecule has 0 aliphatic heterocycles. The highest BCUT2D eigenvalue weighted by molar-refractivity contribution is 5.32. The Balaban J connectivity index is 3.75. The van der Waals surface area contributed by atoms with Crippen molar-refractivity contribution in [2.24, 2.45) is 5.73 Å². The zero-order chi connectivity index (χ0) is 7.28. The van der Waals surface area contributed by atoms with Crippen LogP contribution in [0.25, 0.3) is 0 Å². The quantitative estimate of drug-likeness (QED) is 0.449. The van der Waals surface area contributed by atoms with Gasteiger partial charge in [-0.1, -0.05) is 12.7 Å². The van der Waals surface area contributed by atoms with Crippen LogP contribution in [-0.4, -0.2) is 0 Å². The van der Waals surface area contributed by atoms with Crippen LogP contribution >= 0.6 is 0 Å². The van der Waals surface area contributed by atoms with Crippen LogP contribution in [0.5, 0.6) is 0 Å². The molecule has 2 nitrogen and oxygen atoms in total. The van der Waals surface area contributed by atoms with Crippen molar-refractivity contribution in [3.63, 3.8) is 0 Å². The maximum atomic E-state index is 8.25. The molecule has 47 valence electrons. The fourth-order valence-corrected chi connectivity index (χ4v) is 0.351. The van der Waals surface area contributed by atoms with E-state index in [-0.39, 0.29) is 0 Å². The number of nitrogens with two attached hydrogens (primary N) is 1. The average Bonchev–Trinajstić information content (AvgIpc) is 1.87.